The fourth-order valence-electron chi connectivity index (χ4n) is 8.22. The van der Waals surface area contributed by atoms with Crippen molar-refractivity contribution in [3.05, 3.63) is 99.9 Å². The van der Waals surface area contributed by atoms with E-state index in [9.17, 15) is 17.8 Å². The zero-order valence-corrected chi connectivity index (χ0v) is 30.0. The molecule has 0 unspecified atom stereocenters. The van der Waals surface area contributed by atoms with Gasteiger partial charge in [0.25, 0.3) is 6.47 Å². The van der Waals surface area contributed by atoms with Gasteiger partial charge in [-0.1, -0.05) is 57.5 Å². The predicted molar refractivity (Wildman–Crippen MR) is 190 cm³/mol. The maximum absolute atomic E-state index is 11.8. The quantitative estimate of drug-likeness (QED) is 0.200. The van der Waals surface area contributed by atoms with E-state index < -0.39 is 15.5 Å². The molecule has 48 heavy (non-hydrogen) atoms. The molecule has 4 aliphatic rings. The molecule has 0 spiro atoms. The Hall–Kier alpha value is -3.95. The number of piperidine rings is 1. The van der Waals surface area contributed by atoms with Crippen molar-refractivity contribution in [1.29, 1.82) is 0 Å². The standard InChI is InChI=1S/C39H47N3O5S/c1-26-11-15-33-31(23-26)38(2,3)35(40(33)6)17-12-27-9-8-10-28(37(27)42-21-19-29(20-22-42)47-25-43)13-18-36-39(4,5)32-24-30(48(44,45)46)14-16-34(32)41(36)7/h11-18,23-25,29H,8-10,19-22H2,1-7H3. The van der Waals surface area contributed by atoms with E-state index in [2.05, 4.69) is 98.5 Å². The third-order valence-electron chi connectivity index (χ3n) is 10.9. The maximum Gasteiger partial charge on any atom is 0.293 e. The Kier molecular flexibility index (Phi) is 8.83. The smallest absolute Gasteiger partial charge is 0.293 e. The molecule has 0 amide bonds. The minimum Gasteiger partial charge on any atom is -0.744 e. The Morgan fingerprint density at radius 2 is 1.35 bits per heavy atom. The summed E-state index contributed by atoms with van der Waals surface area (Å²) < 4.78 is 43.3. The van der Waals surface area contributed by atoms with Gasteiger partial charge in [0, 0.05) is 71.7 Å². The normalized spacial score (nSPS) is 25.3. The van der Waals surface area contributed by atoms with Gasteiger partial charge in [-0.15, -0.1) is 0 Å². The highest BCUT2D eigenvalue weighted by Crippen LogP contribution is 2.49. The lowest BCUT2D eigenvalue weighted by molar-refractivity contribution is -0.541. The summed E-state index contributed by atoms with van der Waals surface area (Å²) >= 11 is 0. The van der Waals surface area contributed by atoms with E-state index in [1.165, 1.54) is 51.5 Å². The number of anilines is 2. The minimum absolute atomic E-state index is 0.0591. The molecular formula is C39H47N3O5S. The van der Waals surface area contributed by atoms with Crippen molar-refractivity contribution in [1.82, 2.24) is 0 Å². The third kappa shape index (κ3) is 5.96. The number of rotatable bonds is 5. The van der Waals surface area contributed by atoms with Crippen LogP contribution in [0.2, 0.25) is 0 Å². The first kappa shape index (κ1) is 33.9. The van der Waals surface area contributed by atoms with Gasteiger partial charge in [0.2, 0.25) is 5.71 Å². The number of aryl methyl sites for hydroxylation is 1. The number of hydrogen-bond acceptors (Lipinski definition) is 7. The minimum atomic E-state index is -4.56. The second kappa shape index (κ2) is 12.5. The molecule has 0 radical (unpaired) electrons. The fourth-order valence-corrected chi connectivity index (χ4v) is 8.71. The van der Waals surface area contributed by atoms with Crippen molar-refractivity contribution >= 4 is 33.7 Å². The average molecular weight is 670 g/mol. The Balaban J connectivity index is 1.41. The molecule has 2 fully saturated rings. The molecule has 0 bridgehead atoms. The summed E-state index contributed by atoms with van der Waals surface area (Å²) in [4.78, 5) is 15.3. The molecule has 0 N–H and O–H groups in total. The molecule has 1 saturated carbocycles. The Bertz CT molecular complexity index is 1920. The zero-order valence-electron chi connectivity index (χ0n) is 29.2. The first-order valence-electron chi connectivity index (χ1n) is 16.9. The van der Waals surface area contributed by atoms with Gasteiger partial charge in [0.15, 0.2) is 0 Å². The first-order valence-corrected chi connectivity index (χ1v) is 18.3. The second-order valence-corrected chi connectivity index (χ2v) is 16.0. The SMILES string of the molecule is Cc1ccc2c(c1)C(C)(C)/C(=C/C=C1\CCC/C(=C\C=C3/N(C)c4ccc(S(=O)(=O)[O-])cc4C3(C)C)C1=[N+]1CCC(OC=O)CC1)N2C. The van der Waals surface area contributed by atoms with Crippen molar-refractivity contribution in [3.63, 3.8) is 0 Å². The van der Waals surface area contributed by atoms with Crippen LogP contribution in [0.1, 0.15) is 76.5 Å². The molecule has 3 heterocycles. The molecule has 9 heteroatoms. The second-order valence-electron chi connectivity index (χ2n) is 14.6. The Morgan fingerprint density at radius 1 is 0.833 bits per heavy atom. The zero-order chi connectivity index (χ0) is 34.6. The highest BCUT2D eigenvalue weighted by atomic mass is 32.2. The molecule has 1 saturated heterocycles. The van der Waals surface area contributed by atoms with Crippen LogP contribution >= 0.6 is 0 Å². The van der Waals surface area contributed by atoms with E-state index in [1.54, 1.807) is 6.07 Å². The molecule has 0 atom stereocenters. The first-order chi connectivity index (χ1) is 22.6. The maximum atomic E-state index is 11.8. The largest absolute Gasteiger partial charge is 0.744 e. The van der Waals surface area contributed by atoms with E-state index in [0.29, 0.717) is 6.47 Å². The van der Waals surface area contributed by atoms with Gasteiger partial charge in [-0.25, -0.2) is 13.0 Å². The predicted octanol–water partition coefficient (Wildman–Crippen LogP) is 6.65. The van der Waals surface area contributed by atoms with Crippen LogP contribution in [-0.2, 0) is 30.5 Å². The van der Waals surface area contributed by atoms with Crippen LogP contribution in [0.15, 0.2) is 88.1 Å². The number of carbonyl (C=O) groups excluding carboxylic acids is 1. The van der Waals surface area contributed by atoms with E-state index in [0.717, 1.165) is 62.1 Å². The number of hydrogen-bond donors (Lipinski definition) is 0. The van der Waals surface area contributed by atoms with Gasteiger partial charge < -0.3 is 19.1 Å². The third-order valence-corrected chi connectivity index (χ3v) is 11.7. The van der Waals surface area contributed by atoms with Gasteiger partial charge >= 0.3 is 0 Å². The van der Waals surface area contributed by atoms with Crippen LogP contribution in [0.4, 0.5) is 11.4 Å². The van der Waals surface area contributed by atoms with Crippen LogP contribution in [0.3, 0.4) is 0 Å². The number of likely N-dealkylation sites (N-methyl/N-ethyl adjacent to an activating group) is 2. The highest BCUT2D eigenvalue weighted by molar-refractivity contribution is 7.85. The molecule has 8 nitrogen and oxygen atoms in total. The molecule has 2 aromatic rings. The van der Waals surface area contributed by atoms with Gasteiger partial charge in [-0.2, -0.15) is 0 Å². The van der Waals surface area contributed by atoms with E-state index in [1.807, 2.05) is 7.05 Å². The molecule has 254 valence electrons. The lowest BCUT2D eigenvalue weighted by atomic mass is 9.82. The van der Waals surface area contributed by atoms with Gasteiger partial charge in [0.05, 0.1) is 4.90 Å². The number of carbonyl (C=O) groups is 1. The summed E-state index contributed by atoms with van der Waals surface area (Å²) in [6.07, 6.45) is 13.5. The lowest BCUT2D eigenvalue weighted by Gasteiger charge is -2.26. The van der Waals surface area contributed by atoms with Crippen LogP contribution in [0, 0.1) is 6.92 Å². The molecule has 6 rings (SSSR count). The number of ether oxygens (including phenoxy) is 1. The topological polar surface area (TPSA) is 93.0 Å². The molecule has 3 aliphatic heterocycles. The molecular weight excluding hydrogens is 623 g/mol. The van der Waals surface area contributed by atoms with Crippen molar-refractivity contribution in [2.75, 3.05) is 37.0 Å². The summed E-state index contributed by atoms with van der Waals surface area (Å²) in [5.41, 5.74) is 11.0. The Morgan fingerprint density at radius 3 is 1.88 bits per heavy atom. The van der Waals surface area contributed by atoms with Crippen LogP contribution < -0.4 is 9.80 Å². The number of benzene rings is 2. The fraction of sp³-hybridized carbons (Fsp3) is 0.436. The van der Waals surface area contributed by atoms with Gasteiger partial charge in [-0.3, -0.25) is 4.79 Å². The summed E-state index contributed by atoms with van der Waals surface area (Å²) in [7, 11) is -0.420. The summed E-state index contributed by atoms with van der Waals surface area (Å²) in [6, 6.07) is 11.4. The molecule has 2 aromatic carbocycles. The van der Waals surface area contributed by atoms with Gasteiger partial charge in [-0.05, 0) is 73.7 Å². The number of nitrogens with zero attached hydrogens (tertiary/aromatic N) is 3. The summed E-state index contributed by atoms with van der Waals surface area (Å²) in [5.74, 6) is 0. The molecule has 1 aliphatic carbocycles. The van der Waals surface area contributed by atoms with Crippen LogP contribution in [0.25, 0.3) is 0 Å². The Labute approximate surface area is 285 Å². The van der Waals surface area contributed by atoms with E-state index in [4.69, 9.17) is 4.74 Å². The summed E-state index contributed by atoms with van der Waals surface area (Å²) in [6.45, 7) is 13.1. The number of fused-ring (bicyclic) bond motifs is 2. The van der Waals surface area contributed by atoms with Crippen LogP contribution in [0.5, 0.6) is 0 Å². The van der Waals surface area contributed by atoms with Crippen molar-refractivity contribution in [3.8, 4) is 0 Å². The molecule has 0 aromatic heterocycles. The van der Waals surface area contributed by atoms with Crippen molar-refractivity contribution < 1.29 is 27.1 Å². The summed E-state index contributed by atoms with van der Waals surface area (Å²) in [5, 5.41) is 0. The monoisotopic (exact) mass is 669 g/mol. The van der Waals surface area contributed by atoms with Crippen LogP contribution in [-0.4, -0.2) is 63.0 Å². The lowest BCUT2D eigenvalue weighted by Crippen LogP contribution is -2.36. The average Bonchev–Trinajstić information content (AvgIpc) is 3.35. The van der Waals surface area contributed by atoms with Gasteiger partial charge in [0.1, 0.15) is 29.3 Å². The highest BCUT2D eigenvalue weighted by Gasteiger charge is 2.40. The number of allylic oxidation sites excluding steroid dienone is 8. The van der Waals surface area contributed by atoms with Crippen molar-refractivity contribution in [2.24, 2.45) is 0 Å². The van der Waals surface area contributed by atoms with E-state index >= 15 is 0 Å². The van der Waals surface area contributed by atoms with E-state index in [-0.39, 0.29) is 16.4 Å². The van der Waals surface area contributed by atoms with Crippen molar-refractivity contribution in [2.45, 2.75) is 88.6 Å².